The summed E-state index contributed by atoms with van der Waals surface area (Å²) in [7, 11) is 2.19. The Bertz CT molecular complexity index is 1140. The lowest BCUT2D eigenvalue weighted by atomic mass is 9.86. The third-order valence-corrected chi connectivity index (χ3v) is 6.56. The van der Waals surface area contributed by atoms with Gasteiger partial charge in [-0.25, -0.2) is 4.98 Å². The van der Waals surface area contributed by atoms with Crippen molar-refractivity contribution in [2.45, 2.75) is 51.6 Å². The molecule has 0 radical (unpaired) electrons. The largest absolute Gasteiger partial charge is 0.488 e. The van der Waals surface area contributed by atoms with Gasteiger partial charge in [0.2, 0.25) is 5.95 Å². The highest BCUT2D eigenvalue weighted by atomic mass is 35.5. The molecule has 2 aromatic heterocycles. The van der Waals surface area contributed by atoms with Gasteiger partial charge in [-0.05, 0) is 88.8 Å². The first-order valence-corrected chi connectivity index (χ1v) is 11.9. The quantitative estimate of drug-likeness (QED) is 0.433. The molecule has 1 saturated heterocycles. The maximum Gasteiger partial charge on any atom is 0.229 e. The lowest BCUT2D eigenvalue weighted by Crippen LogP contribution is -2.29. The van der Waals surface area contributed by atoms with E-state index in [-0.39, 0.29) is 0 Å². The topological polar surface area (TPSA) is 91.0 Å². The first kappa shape index (κ1) is 22.0. The number of aromatic nitrogens is 4. The molecule has 0 amide bonds. The molecule has 1 aliphatic heterocycles. The summed E-state index contributed by atoms with van der Waals surface area (Å²) in [6.07, 6.45) is 6.44. The number of anilines is 4. The first-order chi connectivity index (χ1) is 15.9. The van der Waals surface area contributed by atoms with Gasteiger partial charge in [0.05, 0.1) is 18.0 Å². The minimum atomic E-state index is 0.296. The number of hydrogen-bond acceptors (Lipinski definition) is 7. The molecular formula is C24H30ClN7O. The van der Waals surface area contributed by atoms with Crippen LogP contribution in [0.15, 0.2) is 24.4 Å². The lowest BCUT2D eigenvalue weighted by Gasteiger charge is -2.30. The number of aryl methyl sites for hydroxylation is 2. The van der Waals surface area contributed by atoms with Gasteiger partial charge in [-0.3, -0.25) is 5.10 Å². The molecule has 33 heavy (non-hydrogen) atoms. The molecule has 3 N–H and O–H groups in total. The van der Waals surface area contributed by atoms with Crippen LogP contribution in [0.2, 0.25) is 5.02 Å². The van der Waals surface area contributed by atoms with E-state index >= 15 is 0 Å². The van der Waals surface area contributed by atoms with Gasteiger partial charge in [0.25, 0.3) is 0 Å². The molecule has 174 valence electrons. The standard InChI is InChI=1S/C24H30ClN7O/c1-14-10-20(21(33-17-4-5-17)12-18(14)16-6-8-32(3)9-7-16)27-24-26-13-19(25)23(29-24)28-22-11-15(2)30-31-22/h10-13,16-17H,4-9H2,1-3H3,(H3,26,27,28,29,30,31). The molecule has 5 rings (SSSR count). The highest BCUT2D eigenvalue weighted by Gasteiger charge is 2.27. The van der Waals surface area contributed by atoms with Crippen LogP contribution in [0.4, 0.5) is 23.3 Å². The fraction of sp³-hybridized carbons (Fsp3) is 0.458. The van der Waals surface area contributed by atoms with Crippen LogP contribution in [-0.4, -0.2) is 51.3 Å². The molecule has 9 heteroatoms. The number of rotatable bonds is 7. The zero-order valence-electron chi connectivity index (χ0n) is 19.3. The number of nitrogens with zero attached hydrogens (tertiary/aromatic N) is 4. The number of ether oxygens (including phenoxy) is 1. The second-order valence-corrected chi connectivity index (χ2v) is 9.58. The maximum absolute atomic E-state index is 6.33. The second-order valence-electron chi connectivity index (χ2n) is 9.18. The zero-order valence-corrected chi connectivity index (χ0v) is 20.0. The molecule has 8 nitrogen and oxygen atoms in total. The monoisotopic (exact) mass is 467 g/mol. The molecule has 0 unspecified atom stereocenters. The SMILES string of the molecule is Cc1cc(Nc2nc(Nc3cc(C)c(C4CCN(C)CC4)cc3OC3CC3)ncc2Cl)n[nH]1. The summed E-state index contributed by atoms with van der Waals surface area (Å²) in [5.74, 6) is 3.02. The summed E-state index contributed by atoms with van der Waals surface area (Å²) in [6.45, 7) is 6.38. The van der Waals surface area contributed by atoms with Crippen molar-refractivity contribution in [1.29, 1.82) is 0 Å². The van der Waals surface area contributed by atoms with E-state index < -0.39 is 0 Å². The molecule has 3 heterocycles. The Morgan fingerprint density at radius 2 is 1.88 bits per heavy atom. The minimum Gasteiger partial charge on any atom is -0.488 e. The molecule has 2 fully saturated rings. The van der Waals surface area contributed by atoms with E-state index in [1.165, 1.54) is 24.0 Å². The number of nitrogens with one attached hydrogen (secondary N) is 3. The van der Waals surface area contributed by atoms with Gasteiger partial charge in [0.1, 0.15) is 10.8 Å². The number of likely N-dealkylation sites (tertiary alicyclic amines) is 1. The highest BCUT2D eigenvalue weighted by Crippen LogP contribution is 2.40. The van der Waals surface area contributed by atoms with E-state index in [9.17, 15) is 0 Å². The third kappa shape index (κ3) is 5.23. The van der Waals surface area contributed by atoms with Crippen molar-refractivity contribution in [3.8, 4) is 5.75 Å². The van der Waals surface area contributed by atoms with Gasteiger partial charge in [-0.2, -0.15) is 10.1 Å². The van der Waals surface area contributed by atoms with Crippen LogP contribution in [0.25, 0.3) is 0 Å². The summed E-state index contributed by atoms with van der Waals surface area (Å²) in [4.78, 5) is 11.4. The summed E-state index contributed by atoms with van der Waals surface area (Å²) in [6, 6.07) is 6.28. The number of halogens is 1. The molecule has 1 aliphatic carbocycles. The van der Waals surface area contributed by atoms with Crippen LogP contribution in [0.3, 0.4) is 0 Å². The number of piperidine rings is 1. The summed E-state index contributed by atoms with van der Waals surface area (Å²) >= 11 is 6.33. The van der Waals surface area contributed by atoms with E-state index in [1.54, 1.807) is 6.20 Å². The minimum absolute atomic E-state index is 0.296. The molecule has 0 atom stereocenters. The van der Waals surface area contributed by atoms with Crippen molar-refractivity contribution in [2.24, 2.45) is 0 Å². The zero-order chi connectivity index (χ0) is 22.9. The number of hydrogen-bond donors (Lipinski definition) is 3. The Morgan fingerprint density at radius 3 is 2.58 bits per heavy atom. The van der Waals surface area contributed by atoms with Gasteiger partial charge in [0.15, 0.2) is 11.6 Å². The van der Waals surface area contributed by atoms with Crippen molar-refractivity contribution in [1.82, 2.24) is 25.1 Å². The molecule has 1 saturated carbocycles. The van der Waals surface area contributed by atoms with Crippen molar-refractivity contribution in [3.63, 3.8) is 0 Å². The molecule has 2 aliphatic rings. The third-order valence-electron chi connectivity index (χ3n) is 6.29. The van der Waals surface area contributed by atoms with Crippen molar-refractivity contribution in [2.75, 3.05) is 30.8 Å². The predicted octanol–water partition coefficient (Wildman–Crippen LogP) is 5.31. The maximum atomic E-state index is 6.33. The fourth-order valence-electron chi connectivity index (χ4n) is 4.26. The van der Waals surface area contributed by atoms with E-state index in [1.807, 2.05) is 13.0 Å². The van der Waals surface area contributed by atoms with E-state index in [0.29, 0.717) is 34.6 Å². The first-order valence-electron chi connectivity index (χ1n) is 11.5. The van der Waals surface area contributed by atoms with Crippen molar-refractivity contribution >= 4 is 34.9 Å². The smallest absolute Gasteiger partial charge is 0.229 e. The van der Waals surface area contributed by atoms with Crippen LogP contribution >= 0.6 is 11.6 Å². The Morgan fingerprint density at radius 1 is 1.09 bits per heavy atom. The van der Waals surface area contributed by atoms with Gasteiger partial charge in [-0.15, -0.1) is 0 Å². The summed E-state index contributed by atoms with van der Waals surface area (Å²) < 4.78 is 6.30. The van der Waals surface area contributed by atoms with Gasteiger partial charge in [0, 0.05) is 11.8 Å². The normalized spacial score (nSPS) is 17.2. The van der Waals surface area contributed by atoms with E-state index in [0.717, 1.165) is 43.1 Å². The Balaban J connectivity index is 1.41. The highest BCUT2D eigenvalue weighted by molar-refractivity contribution is 6.32. The average molecular weight is 468 g/mol. The molecule has 0 bridgehead atoms. The number of H-pyrrole nitrogens is 1. The van der Waals surface area contributed by atoms with E-state index in [2.05, 4.69) is 61.8 Å². The molecule has 3 aromatic rings. The average Bonchev–Trinajstić information content (AvgIpc) is 3.52. The number of aromatic amines is 1. The Kier molecular flexibility index (Phi) is 6.12. The van der Waals surface area contributed by atoms with Crippen LogP contribution in [0.5, 0.6) is 5.75 Å². The van der Waals surface area contributed by atoms with Gasteiger partial charge < -0.3 is 20.3 Å². The molecule has 1 aromatic carbocycles. The second kappa shape index (κ2) is 9.19. The summed E-state index contributed by atoms with van der Waals surface area (Å²) in [5.41, 5.74) is 4.47. The van der Waals surface area contributed by atoms with Crippen LogP contribution in [0, 0.1) is 13.8 Å². The molecular weight excluding hydrogens is 438 g/mol. The predicted molar refractivity (Wildman–Crippen MR) is 131 cm³/mol. The van der Waals surface area contributed by atoms with Gasteiger partial charge in [-0.1, -0.05) is 11.6 Å². The fourth-order valence-corrected chi connectivity index (χ4v) is 4.40. The van der Waals surface area contributed by atoms with Gasteiger partial charge >= 0.3 is 0 Å². The van der Waals surface area contributed by atoms with Crippen molar-refractivity contribution < 1.29 is 4.74 Å². The van der Waals surface area contributed by atoms with Crippen LogP contribution < -0.4 is 15.4 Å². The Hall–Kier alpha value is -2.84. The number of benzene rings is 1. The van der Waals surface area contributed by atoms with Crippen LogP contribution in [0.1, 0.15) is 48.4 Å². The summed E-state index contributed by atoms with van der Waals surface area (Å²) in [5, 5.41) is 14.0. The van der Waals surface area contributed by atoms with Crippen molar-refractivity contribution in [3.05, 3.63) is 46.2 Å². The van der Waals surface area contributed by atoms with E-state index in [4.69, 9.17) is 16.3 Å². The Labute approximate surface area is 199 Å². The molecule has 0 spiro atoms. The van der Waals surface area contributed by atoms with Crippen LogP contribution in [-0.2, 0) is 0 Å². The lowest BCUT2D eigenvalue weighted by molar-refractivity contribution is 0.254.